The van der Waals surface area contributed by atoms with Crippen molar-refractivity contribution in [3.8, 4) is 0 Å². The molecule has 0 unspecified atom stereocenters. The number of halogens is 1. The fraction of sp³-hybridized carbons (Fsp3) is 0.500. The summed E-state index contributed by atoms with van der Waals surface area (Å²) in [5.74, 6) is -1.63. The molecule has 29 heavy (non-hydrogen) atoms. The minimum atomic E-state index is -0.896. The van der Waals surface area contributed by atoms with Crippen molar-refractivity contribution in [3.63, 3.8) is 0 Å². The van der Waals surface area contributed by atoms with E-state index in [1.54, 1.807) is 27.7 Å². The van der Waals surface area contributed by atoms with Crippen LogP contribution in [-0.2, 0) is 9.47 Å². The van der Waals surface area contributed by atoms with E-state index in [1.165, 1.54) is 13.1 Å². The third-order valence-electron chi connectivity index (χ3n) is 4.02. The maximum Gasteiger partial charge on any atom is 0.429 e. The van der Waals surface area contributed by atoms with E-state index in [9.17, 15) is 18.8 Å². The van der Waals surface area contributed by atoms with Crippen LogP contribution in [0.5, 0.6) is 0 Å². The SMILES string of the molecule is CCCN(C(=O)OC(C)(C)C)n1c(C)c(C(=O)OCC)c2cncc(F)c2c1=O. The van der Waals surface area contributed by atoms with Crippen molar-refractivity contribution in [2.75, 3.05) is 18.2 Å². The molecular formula is C20H26FN3O5. The zero-order valence-electron chi connectivity index (χ0n) is 17.5. The van der Waals surface area contributed by atoms with Crippen LogP contribution >= 0.6 is 0 Å². The predicted molar refractivity (Wildman–Crippen MR) is 106 cm³/mol. The molecule has 0 N–H and O–H groups in total. The zero-order valence-corrected chi connectivity index (χ0v) is 17.5. The Morgan fingerprint density at radius 1 is 1.24 bits per heavy atom. The smallest absolute Gasteiger partial charge is 0.429 e. The molecule has 2 aromatic rings. The number of hydrogen-bond acceptors (Lipinski definition) is 6. The molecule has 2 aromatic heterocycles. The number of rotatable bonds is 5. The summed E-state index contributed by atoms with van der Waals surface area (Å²) in [6.45, 7) is 10.2. The van der Waals surface area contributed by atoms with Crippen LogP contribution in [0.25, 0.3) is 10.8 Å². The van der Waals surface area contributed by atoms with E-state index in [1.807, 2.05) is 6.92 Å². The topological polar surface area (TPSA) is 90.7 Å². The molecule has 0 aliphatic rings. The first-order valence-corrected chi connectivity index (χ1v) is 9.40. The van der Waals surface area contributed by atoms with E-state index in [0.29, 0.717) is 6.42 Å². The Balaban J connectivity index is 2.87. The molecule has 0 aliphatic carbocycles. The number of esters is 1. The minimum absolute atomic E-state index is 0.0295. The molecule has 2 heterocycles. The molecule has 0 spiro atoms. The fourth-order valence-corrected chi connectivity index (χ4v) is 2.95. The van der Waals surface area contributed by atoms with Crippen LogP contribution < -0.4 is 10.6 Å². The minimum Gasteiger partial charge on any atom is -0.462 e. The fourth-order valence-electron chi connectivity index (χ4n) is 2.95. The molecule has 1 amide bonds. The highest BCUT2D eigenvalue weighted by Gasteiger charge is 2.29. The molecule has 0 saturated carbocycles. The van der Waals surface area contributed by atoms with Crippen LogP contribution in [0.4, 0.5) is 9.18 Å². The van der Waals surface area contributed by atoms with E-state index in [-0.39, 0.29) is 35.2 Å². The van der Waals surface area contributed by atoms with Crippen molar-refractivity contribution >= 4 is 22.8 Å². The summed E-state index contributed by atoms with van der Waals surface area (Å²) in [7, 11) is 0. The summed E-state index contributed by atoms with van der Waals surface area (Å²) in [5, 5.41) is 0.756. The predicted octanol–water partition coefficient (Wildman–Crippen LogP) is 3.30. The molecule has 2 rings (SSSR count). The lowest BCUT2D eigenvalue weighted by Crippen LogP contribution is -2.50. The quantitative estimate of drug-likeness (QED) is 0.707. The first-order valence-electron chi connectivity index (χ1n) is 9.40. The molecule has 0 bridgehead atoms. The number of ether oxygens (including phenoxy) is 2. The molecule has 0 aliphatic heterocycles. The Labute approximate surface area is 168 Å². The second kappa shape index (κ2) is 8.59. The molecule has 0 aromatic carbocycles. The van der Waals surface area contributed by atoms with Gasteiger partial charge in [0.05, 0.1) is 29.4 Å². The number of hydrogen-bond donors (Lipinski definition) is 0. The van der Waals surface area contributed by atoms with Gasteiger partial charge in [-0.1, -0.05) is 6.92 Å². The number of carbonyl (C=O) groups excluding carboxylic acids is 2. The molecular weight excluding hydrogens is 381 g/mol. The lowest BCUT2D eigenvalue weighted by atomic mass is 10.1. The van der Waals surface area contributed by atoms with Crippen LogP contribution in [0.1, 0.15) is 57.1 Å². The molecule has 8 nitrogen and oxygen atoms in total. The summed E-state index contributed by atoms with van der Waals surface area (Å²) in [6, 6.07) is 0. The second-order valence-corrected chi connectivity index (χ2v) is 7.45. The number of pyridine rings is 2. The monoisotopic (exact) mass is 407 g/mol. The second-order valence-electron chi connectivity index (χ2n) is 7.45. The van der Waals surface area contributed by atoms with Crippen LogP contribution in [0.15, 0.2) is 17.2 Å². The average molecular weight is 407 g/mol. The highest BCUT2D eigenvalue weighted by atomic mass is 19.1. The number of nitrogens with zero attached hydrogens (tertiary/aromatic N) is 3. The van der Waals surface area contributed by atoms with Crippen molar-refractivity contribution in [1.29, 1.82) is 0 Å². The molecule has 0 atom stereocenters. The summed E-state index contributed by atoms with van der Waals surface area (Å²) < 4.78 is 26.0. The average Bonchev–Trinajstić information content (AvgIpc) is 2.59. The normalized spacial score (nSPS) is 11.4. The van der Waals surface area contributed by atoms with E-state index >= 15 is 0 Å². The summed E-state index contributed by atoms with van der Waals surface area (Å²) in [4.78, 5) is 42.4. The molecule has 0 fully saturated rings. The Bertz CT molecular complexity index is 994. The third kappa shape index (κ3) is 4.55. The highest BCUT2D eigenvalue weighted by Crippen LogP contribution is 2.22. The number of fused-ring (bicyclic) bond motifs is 1. The Morgan fingerprint density at radius 2 is 1.90 bits per heavy atom. The standard InChI is InChI=1S/C20H26FN3O5/c1-7-9-23(19(27)29-20(4,5)6)24-12(3)15(18(26)28-8-2)13-10-22-11-14(21)16(13)17(24)25/h10-11H,7-9H2,1-6H3. The van der Waals surface area contributed by atoms with Gasteiger partial charge in [0.1, 0.15) is 5.60 Å². The third-order valence-corrected chi connectivity index (χ3v) is 4.02. The van der Waals surface area contributed by atoms with Crippen LogP contribution in [0.3, 0.4) is 0 Å². The lowest BCUT2D eigenvalue weighted by Gasteiger charge is -2.30. The first kappa shape index (κ1) is 22.3. The van der Waals surface area contributed by atoms with Gasteiger partial charge in [0.2, 0.25) is 0 Å². The van der Waals surface area contributed by atoms with E-state index < -0.39 is 29.0 Å². The Hall–Kier alpha value is -2.97. The van der Waals surface area contributed by atoms with Gasteiger partial charge in [0.15, 0.2) is 5.82 Å². The van der Waals surface area contributed by atoms with Gasteiger partial charge >= 0.3 is 12.1 Å². The maximum atomic E-state index is 14.5. The molecule has 9 heteroatoms. The van der Waals surface area contributed by atoms with E-state index in [4.69, 9.17) is 9.47 Å². The number of carbonyl (C=O) groups is 2. The molecule has 158 valence electrons. The summed E-state index contributed by atoms with van der Waals surface area (Å²) in [5.41, 5.74) is -1.49. The van der Waals surface area contributed by atoms with Crippen LogP contribution in [0, 0.1) is 12.7 Å². The zero-order chi connectivity index (χ0) is 21.9. The number of aromatic nitrogens is 2. The highest BCUT2D eigenvalue weighted by molar-refractivity contribution is 6.05. The van der Waals surface area contributed by atoms with Crippen LogP contribution in [-0.4, -0.2) is 40.5 Å². The van der Waals surface area contributed by atoms with Crippen molar-refractivity contribution in [1.82, 2.24) is 9.66 Å². The van der Waals surface area contributed by atoms with Gasteiger partial charge in [0.25, 0.3) is 5.56 Å². The summed E-state index contributed by atoms with van der Waals surface area (Å²) >= 11 is 0. The first-order chi connectivity index (χ1) is 13.5. The van der Waals surface area contributed by atoms with Gasteiger partial charge in [-0.15, -0.1) is 0 Å². The van der Waals surface area contributed by atoms with Crippen LogP contribution in [0.2, 0.25) is 0 Å². The largest absolute Gasteiger partial charge is 0.462 e. The maximum absolute atomic E-state index is 14.5. The molecule has 0 saturated heterocycles. The van der Waals surface area contributed by atoms with Crippen molar-refractivity contribution in [2.24, 2.45) is 0 Å². The Kier molecular flexibility index (Phi) is 6.61. The lowest BCUT2D eigenvalue weighted by molar-refractivity contribution is 0.0508. The number of amides is 1. The summed E-state index contributed by atoms with van der Waals surface area (Å²) in [6.07, 6.45) is 1.83. The van der Waals surface area contributed by atoms with Gasteiger partial charge < -0.3 is 9.47 Å². The van der Waals surface area contributed by atoms with E-state index in [2.05, 4.69) is 4.98 Å². The van der Waals surface area contributed by atoms with Gasteiger partial charge in [-0.2, -0.15) is 0 Å². The van der Waals surface area contributed by atoms with E-state index in [0.717, 1.165) is 15.9 Å². The van der Waals surface area contributed by atoms with Gasteiger partial charge in [0, 0.05) is 18.1 Å². The molecule has 0 radical (unpaired) electrons. The van der Waals surface area contributed by atoms with Gasteiger partial charge in [-0.3, -0.25) is 9.78 Å². The van der Waals surface area contributed by atoms with Gasteiger partial charge in [-0.25, -0.2) is 23.7 Å². The van der Waals surface area contributed by atoms with Crippen molar-refractivity contribution in [3.05, 3.63) is 39.8 Å². The Morgan fingerprint density at radius 3 is 2.45 bits per heavy atom. The van der Waals surface area contributed by atoms with Gasteiger partial charge in [-0.05, 0) is 41.0 Å². The van der Waals surface area contributed by atoms with Crippen molar-refractivity contribution in [2.45, 2.75) is 53.6 Å². The van der Waals surface area contributed by atoms with Crippen molar-refractivity contribution < 1.29 is 23.5 Å².